The Morgan fingerprint density at radius 2 is 1.37 bits per heavy atom. The van der Waals surface area contributed by atoms with Crippen molar-refractivity contribution in [2.45, 2.75) is 24.2 Å². The first kappa shape index (κ1) is 23.0. The van der Waals surface area contributed by atoms with E-state index in [1.165, 1.54) is 0 Å². The second-order valence-corrected chi connectivity index (χ2v) is 5.26. The van der Waals surface area contributed by atoms with E-state index in [1.54, 1.807) is 0 Å². The SMILES string of the molecule is O=C(/C=C(\O)c1cc(F)c(Cl)cc1C(F)(F)F)C(F)(C(F)(F)F)C(F)(F)F. The first-order valence-corrected chi connectivity index (χ1v) is 6.56. The highest BCUT2D eigenvalue weighted by molar-refractivity contribution is 6.30. The summed E-state index contributed by atoms with van der Waals surface area (Å²) in [4.78, 5) is 11.2. The molecule has 1 N–H and O–H groups in total. The van der Waals surface area contributed by atoms with Crippen LogP contribution in [0.4, 0.5) is 48.3 Å². The van der Waals surface area contributed by atoms with Crippen LogP contribution in [-0.4, -0.2) is 28.9 Å². The van der Waals surface area contributed by atoms with Gasteiger partial charge in [-0.1, -0.05) is 11.6 Å². The number of carbonyl (C=O) groups excluding carboxylic acids is 1. The van der Waals surface area contributed by atoms with Crippen molar-refractivity contribution < 1.29 is 58.2 Å². The number of alkyl halides is 10. The van der Waals surface area contributed by atoms with Crippen molar-refractivity contribution >= 4 is 23.1 Å². The molecule has 1 aromatic rings. The van der Waals surface area contributed by atoms with E-state index in [-0.39, 0.29) is 12.1 Å². The van der Waals surface area contributed by atoms with Gasteiger partial charge in [-0.2, -0.15) is 39.5 Å². The van der Waals surface area contributed by atoms with Gasteiger partial charge in [0, 0.05) is 11.6 Å². The van der Waals surface area contributed by atoms with E-state index >= 15 is 0 Å². The summed E-state index contributed by atoms with van der Waals surface area (Å²) in [6, 6.07) is -0.345. The van der Waals surface area contributed by atoms with E-state index in [9.17, 15) is 58.2 Å². The number of rotatable bonds is 3. The van der Waals surface area contributed by atoms with Gasteiger partial charge in [0.1, 0.15) is 11.6 Å². The molecule has 0 saturated carbocycles. The molecule has 14 heteroatoms. The van der Waals surface area contributed by atoms with Crippen molar-refractivity contribution in [1.29, 1.82) is 0 Å². The third-order valence-corrected chi connectivity index (χ3v) is 3.32. The predicted molar refractivity (Wildman–Crippen MR) is 68.0 cm³/mol. The van der Waals surface area contributed by atoms with Crippen LogP contribution in [0.3, 0.4) is 0 Å². The van der Waals surface area contributed by atoms with Gasteiger partial charge in [0.2, 0.25) is 5.78 Å². The molecule has 0 saturated heterocycles. The van der Waals surface area contributed by atoms with Gasteiger partial charge >= 0.3 is 24.2 Å². The van der Waals surface area contributed by atoms with Gasteiger partial charge in [0.25, 0.3) is 0 Å². The number of ketones is 1. The Kier molecular flexibility index (Phi) is 5.82. The van der Waals surface area contributed by atoms with Crippen LogP contribution in [0.1, 0.15) is 11.1 Å². The third-order valence-electron chi connectivity index (χ3n) is 3.03. The maximum Gasteiger partial charge on any atom is 0.439 e. The topological polar surface area (TPSA) is 37.3 Å². The first-order valence-electron chi connectivity index (χ1n) is 6.18. The van der Waals surface area contributed by atoms with Crippen LogP contribution in [0, 0.1) is 5.82 Å². The van der Waals surface area contributed by atoms with Gasteiger partial charge < -0.3 is 5.11 Å². The number of hydrogen-bond donors (Lipinski definition) is 1. The highest BCUT2D eigenvalue weighted by atomic mass is 35.5. The standard InChI is InChI=1S/C13H4ClF11O2/c14-6-2-5(11(17,18)19)4(1-7(6)15)8(26)3-9(27)10(16,12(20,21)22)13(23,24)25/h1-3,26H/b8-3-. The zero-order valence-electron chi connectivity index (χ0n) is 12.1. The molecule has 1 rings (SSSR count). The maximum absolute atomic E-state index is 13.5. The Hall–Kier alpha value is -2.05. The summed E-state index contributed by atoms with van der Waals surface area (Å²) >= 11 is 5.09. The smallest absolute Gasteiger partial charge is 0.439 e. The van der Waals surface area contributed by atoms with Crippen molar-refractivity contribution in [3.63, 3.8) is 0 Å². The molecule has 152 valence electrons. The van der Waals surface area contributed by atoms with Crippen LogP contribution in [0.5, 0.6) is 0 Å². The van der Waals surface area contributed by atoms with Crippen molar-refractivity contribution in [2.24, 2.45) is 0 Å². The molecule has 0 aliphatic rings. The molecule has 27 heavy (non-hydrogen) atoms. The molecule has 0 atom stereocenters. The van der Waals surface area contributed by atoms with E-state index in [0.29, 0.717) is 0 Å². The molecule has 0 radical (unpaired) electrons. The fourth-order valence-electron chi connectivity index (χ4n) is 1.73. The lowest BCUT2D eigenvalue weighted by Crippen LogP contribution is -2.58. The highest BCUT2D eigenvalue weighted by Gasteiger charge is 2.76. The van der Waals surface area contributed by atoms with Crippen molar-refractivity contribution in [3.8, 4) is 0 Å². The lowest BCUT2D eigenvalue weighted by atomic mass is 9.96. The minimum atomic E-state index is -6.85. The Bertz CT molecular complexity index is 760. The van der Waals surface area contributed by atoms with E-state index in [4.69, 9.17) is 11.6 Å². The summed E-state index contributed by atoms with van der Waals surface area (Å²) < 4.78 is 140. The van der Waals surface area contributed by atoms with E-state index in [1.807, 2.05) is 0 Å². The zero-order chi connectivity index (χ0) is 21.6. The fraction of sp³-hybridized carbons (Fsp3) is 0.308. The number of aliphatic hydroxyl groups excluding tert-OH is 1. The summed E-state index contributed by atoms with van der Waals surface area (Å²) in [6.07, 6.45) is -20.2. The largest absolute Gasteiger partial charge is 0.507 e. The summed E-state index contributed by atoms with van der Waals surface area (Å²) in [5.41, 5.74) is -10.2. The lowest BCUT2D eigenvalue weighted by molar-refractivity contribution is -0.323. The average molecular weight is 437 g/mol. The van der Waals surface area contributed by atoms with Crippen LogP contribution in [0.25, 0.3) is 5.76 Å². The number of hydrogen-bond acceptors (Lipinski definition) is 2. The van der Waals surface area contributed by atoms with Gasteiger partial charge in [-0.25, -0.2) is 8.78 Å². The molecule has 0 spiro atoms. The Labute approximate surface area is 146 Å². The Morgan fingerprint density at radius 1 is 0.926 bits per heavy atom. The Balaban J connectivity index is 3.62. The molecule has 1 aromatic carbocycles. The van der Waals surface area contributed by atoms with Gasteiger partial charge in [-0.15, -0.1) is 0 Å². The molecule has 2 nitrogen and oxygen atoms in total. The summed E-state index contributed by atoms with van der Waals surface area (Å²) in [6.45, 7) is 0. The van der Waals surface area contributed by atoms with Crippen LogP contribution in [-0.2, 0) is 11.0 Å². The van der Waals surface area contributed by atoms with E-state index in [2.05, 4.69) is 0 Å². The summed E-state index contributed by atoms with van der Waals surface area (Å²) in [5.74, 6) is -7.33. The summed E-state index contributed by atoms with van der Waals surface area (Å²) in [7, 11) is 0. The molecule has 0 aliphatic carbocycles. The van der Waals surface area contributed by atoms with Crippen LogP contribution in [0.15, 0.2) is 18.2 Å². The minimum Gasteiger partial charge on any atom is -0.507 e. The lowest BCUT2D eigenvalue weighted by Gasteiger charge is -2.27. The van der Waals surface area contributed by atoms with E-state index < -0.39 is 63.8 Å². The second-order valence-electron chi connectivity index (χ2n) is 4.86. The molecular formula is C13H4ClF11O2. The molecule has 0 unspecified atom stereocenters. The quantitative estimate of drug-likeness (QED) is 0.369. The number of aliphatic hydroxyl groups is 1. The third kappa shape index (κ3) is 4.28. The maximum atomic E-state index is 13.5. The predicted octanol–water partition coefficient (Wildman–Crippen LogP) is 5.80. The molecule has 0 heterocycles. The first-order chi connectivity index (χ1) is 11.8. The average Bonchev–Trinajstić information content (AvgIpc) is 2.44. The molecule has 0 aromatic heterocycles. The minimum absolute atomic E-state index is 0.142. The van der Waals surface area contributed by atoms with Crippen molar-refractivity contribution in [3.05, 3.63) is 40.2 Å². The van der Waals surface area contributed by atoms with Crippen molar-refractivity contribution in [2.75, 3.05) is 0 Å². The normalized spacial score (nSPS) is 14.4. The monoisotopic (exact) mass is 436 g/mol. The molecule has 0 bridgehead atoms. The highest BCUT2D eigenvalue weighted by Crippen LogP contribution is 2.47. The van der Waals surface area contributed by atoms with Crippen molar-refractivity contribution in [1.82, 2.24) is 0 Å². The van der Waals surface area contributed by atoms with Gasteiger partial charge in [0.05, 0.1) is 10.6 Å². The molecule has 0 amide bonds. The molecule has 0 aliphatic heterocycles. The Morgan fingerprint density at radius 3 is 1.74 bits per heavy atom. The van der Waals surface area contributed by atoms with Gasteiger partial charge in [-0.05, 0) is 12.1 Å². The van der Waals surface area contributed by atoms with Gasteiger partial charge in [0.15, 0.2) is 0 Å². The fourth-order valence-corrected chi connectivity index (χ4v) is 1.90. The number of carbonyl (C=O) groups is 1. The van der Waals surface area contributed by atoms with E-state index in [0.717, 1.165) is 0 Å². The van der Waals surface area contributed by atoms with Crippen LogP contribution in [0.2, 0.25) is 5.02 Å². The number of allylic oxidation sites excluding steroid dienone is 1. The number of halogens is 12. The zero-order valence-corrected chi connectivity index (χ0v) is 12.9. The van der Waals surface area contributed by atoms with Crippen LogP contribution < -0.4 is 0 Å². The van der Waals surface area contributed by atoms with Gasteiger partial charge in [-0.3, -0.25) is 4.79 Å². The molecule has 0 fully saturated rings. The summed E-state index contributed by atoms with van der Waals surface area (Å²) in [5, 5.41) is 8.22. The van der Waals surface area contributed by atoms with Crippen LogP contribution >= 0.6 is 11.6 Å². The second kappa shape index (κ2) is 6.84. The number of benzene rings is 1. The molecular weight excluding hydrogens is 433 g/mol.